The Balaban J connectivity index is 1.48. The van der Waals surface area contributed by atoms with Crippen molar-refractivity contribution in [1.82, 2.24) is 25.3 Å². The Labute approximate surface area is 184 Å². The van der Waals surface area contributed by atoms with Gasteiger partial charge in [0.05, 0.1) is 6.54 Å². The number of aromatic nitrogens is 2. The monoisotopic (exact) mass is 429 g/mol. The summed E-state index contributed by atoms with van der Waals surface area (Å²) in [4.78, 5) is 40.5. The van der Waals surface area contributed by atoms with Crippen LogP contribution in [-0.2, 0) is 11.3 Å². The number of nitrogens with one attached hydrogen (secondary N) is 2. The summed E-state index contributed by atoms with van der Waals surface area (Å²) >= 11 is 0. The van der Waals surface area contributed by atoms with Crippen molar-refractivity contribution in [2.75, 3.05) is 7.05 Å². The minimum Gasteiger partial charge on any atom is -0.351 e. The highest BCUT2D eigenvalue weighted by Gasteiger charge is 2.46. The van der Waals surface area contributed by atoms with E-state index in [2.05, 4.69) is 15.7 Å². The van der Waals surface area contributed by atoms with Crippen molar-refractivity contribution in [3.05, 3.63) is 17.5 Å². The number of amides is 3. The van der Waals surface area contributed by atoms with Gasteiger partial charge in [-0.3, -0.25) is 19.1 Å². The molecule has 0 bridgehead atoms. The molecule has 3 aliphatic rings. The molecule has 2 N–H and O–H groups in total. The molecule has 2 aliphatic carbocycles. The van der Waals surface area contributed by atoms with Crippen LogP contribution in [0.2, 0.25) is 0 Å². The first-order valence-electron chi connectivity index (χ1n) is 11.9. The highest BCUT2D eigenvalue weighted by atomic mass is 16.2. The van der Waals surface area contributed by atoms with Crippen LogP contribution in [0.3, 0.4) is 0 Å². The van der Waals surface area contributed by atoms with Crippen molar-refractivity contribution < 1.29 is 14.4 Å². The Kier molecular flexibility index (Phi) is 6.34. The third kappa shape index (κ3) is 4.48. The fourth-order valence-electron chi connectivity index (χ4n) is 5.11. The van der Waals surface area contributed by atoms with Crippen LogP contribution >= 0.6 is 0 Å². The van der Waals surface area contributed by atoms with Gasteiger partial charge < -0.3 is 15.5 Å². The van der Waals surface area contributed by atoms with Crippen LogP contribution in [0.4, 0.5) is 0 Å². The van der Waals surface area contributed by atoms with Gasteiger partial charge in [-0.1, -0.05) is 44.9 Å². The van der Waals surface area contributed by atoms with Crippen LogP contribution in [0.5, 0.6) is 0 Å². The van der Waals surface area contributed by atoms with Gasteiger partial charge in [0.15, 0.2) is 5.69 Å². The smallest absolute Gasteiger partial charge is 0.272 e. The molecule has 1 aromatic rings. The van der Waals surface area contributed by atoms with Gasteiger partial charge in [0.2, 0.25) is 5.91 Å². The van der Waals surface area contributed by atoms with Crippen molar-refractivity contribution in [3.8, 4) is 0 Å². The van der Waals surface area contributed by atoms with E-state index in [0.29, 0.717) is 5.69 Å². The number of hydrogen-bond acceptors (Lipinski definition) is 4. The molecule has 0 saturated heterocycles. The third-order valence-corrected chi connectivity index (χ3v) is 7.35. The van der Waals surface area contributed by atoms with E-state index in [-0.39, 0.29) is 42.0 Å². The number of likely N-dealkylation sites (N-methyl/N-ethyl adjacent to an activating group) is 1. The summed E-state index contributed by atoms with van der Waals surface area (Å²) in [6, 6.07) is 1.89. The lowest BCUT2D eigenvalue weighted by atomic mass is 9.92. The van der Waals surface area contributed by atoms with E-state index in [0.717, 1.165) is 51.4 Å². The lowest BCUT2D eigenvalue weighted by Gasteiger charge is -2.41. The van der Waals surface area contributed by atoms with Crippen molar-refractivity contribution in [1.29, 1.82) is 0 Å². The van der Waals surface area contributed by atoms with Crippen LogP contribution in [-0.4, -0.2) is 57.1 Å². The fourth-order valence-corrected chi connectivity index (χ4v) is 5.11. The van der Waals surface area contributed by atoms with Crippen LogP contribution in [0.1, 0.15) is 98.5 Å². The second-order valence-corrected chi connectivity index (χ2v) is 9.68. The Hall–Kier alpha value is -2.38. The molecule has 170 valence electrons. The summed E-state index contributed by atoms with van der Waals surface area (Å²) < 4.78 is 1.53. The number of nitrogens with zero attached hydrogens (tertiary/aromatic N) is 3. The summed E-state index contributed by atoms with van der Waals surface area (Å²) in [6.45, 7) is 2.01. The lowest BCUT2D eigenvalue weighted by molar-refractivity contribution is -0.133. The van der Waals surface area contributed by atoms with Gasteiger partial charge in [0.1, 0.15) is 11.2 Å². The average molecular weight is 430 g/mol. The Morgan fingerprint density at radius 1 is 0.968 bits per heavy atom. The molecule has 3 amide bonds. The Morgan fingerprint density at radius 3 is 2.13 bits per heavy atom. The number of carbonyl (C=O) groups excluding carboxylic acids is 3. The summed E-state index contributed by atoms with van der Waals surface area (Å²) in [6.07, 6.45) is 12.1. The number of rotatable bonds is 4. The molecule has 1 aromatic heterocycles. The van der Waals surface area contributed by atoms with Crippen molar-refractivity contribution in [2.45, 2.75) is 102 Å². The molecule has 1 aliphatic heterocycles. The highest BCUT2D eigenvalue weighted by molar-refractivity contribution is 6.01. The SMILES string of the molecule is CN1C(=O)c2cc(C(=O)NC3CCCCCC3)nn2C[C@@]1(C)C(=O)NC1CCCCC1. The summed E-state index contributed by atoms with van der Waals surface area (Å²) in [5.41, 5.74) is -0.433. The molecule has 0 spiro atoms. The van der Waals surface area contributed by atoms with Gasteiger partial charge in [-0.05, 0) is 32.6 Å². The molecule has 8 heteroatoms. The zero-order valence-corrected chi connectivity index (χ0v) is 18.8. The minimum absolute atomic E-state index is 0.152. The van der Waals surface area contributed by atoms with Crippen molar-refractivity contribution >= 4 is 17.7 Å². The summed E-state index contributed by atoms with van der Waals surface area (Å²) in [5, 5.41) is 10.7. The van der Waals surface area contributed by atoms with Crippen LogP contribution in [0.25, 0.3) is 0 Å². The summed E-state index contributed by atoms with van der Waals surface area (Å²) in [5.74, 6) is -0.674. The zero-order chi connectivity index (χ0) is 22.0. The number of fused-ring (bicyclic) bond motifs is 1. The predicted molar refractivity (Wildman–Crippen MR) is 117 cm³/mol. The maximum atomic E-state index is 13.2. The van der Waals surface area contributed by atoms with E-state index in [1.807, 2.05) is 0 Å². The Bertz CT molecular complexity index is 836. The van der Waals surface area contributed by atoms with Gasteiger partial charge in [-0.2, -0.15) is 5.10 Å². The first-order valence-corrected chi connectivity index (χ1v) is 11.9. The van der Waals surface area contributed by atoms with Gasteiger partial charge >= 0.3 is 0 Å². The van der Waals surface area contributed by atoms with E-state index in [9.17, 15) is 14.4 Å². The van der Waals surface area contributed by atoms with Gasteiger partial charge in [0.25, 0.3) is 11.8 Å². The first kappa shape index (κ1) is 21.8. The fraction of sp³-hybridized carbons (Fsp3) is 0.739. The molecule has 2 saturated carbocycles. The highest BCUT2D eigenvalue weighted by Crippen LogP contribution is 2.27. The Morgan fingerprint density at radius 2 is 1.52 bits per heavy atom. The average Bonchev–Trinajstić information content (AvgIpc) is 3.01. The largest absolute Gasteiger partial charge is 0.351 e. The van der Waals surface area contributed by atoms with Crippen molar-refractivity contribution in [3.63, 3.8) is 0 Å². The lowest BCUT2D eigenvalue weighted by Crippen LogP contribution is -2.63. The topological polar surface area (TPSA) is 96.3 Å². The van der Waals surface area contributed by atoms with Crippen LogP contribution in [0.15, 0.2) is 6.07 Å². The number of hydrogen-bond donors (Lipinski definition) is 2. The molecular weight excluding hydrogens is 394 g/mol. The molecule has 0 aromatic carbocycles. The van der Waals surface area contributed by atoms with E-state index in [1.54, 1.807) is 20.0 Å². The van der Waals surface area contributed by atoms with Gasteiger partial charge in [0, 0.05) is 25.2 Å². The molecule has 8 nitrogen and oxygen atoms in total. The molecule has 2 fully saturated rings. The molecule has 0 radical (unpaired) electrons. The second kappa shape index (κ2) is 9.01. The van der Waals surface area contributed by atoms with E-state index in [1.165, 1.54) is 28.8 Å². The molecule has 2 heterocycles. The van der Waals surface area contributed by atoms with Crippen molar-refractivity contribution in [2.24, 2.45) is 0 Å². The summed E-state index contributed by atoms with van der Waals surface area (Å²) in [7, 11) is 1.66. The van der Waals surface area contributed by atoms with E-state index < -0.39 is 5.54 Å². The molecule has 31 heavy (non-hydrogen) atoms. The molecule has 0 unspecified atom stereocenters. The zero-order valence-electron chi connectivity index (χ0n) is 18.8. The van der Waals surface area contributed by atoms with Crippen LogP contribution in [0, 0.1) is 0 Å². The third-order valence-electron chi connectivity index (χ3n) is 7.35. The predicted octanol–water partition coefficient (Wildman–Crippen LogP) is 2.63. The number of carbonyl (C=O) groups is 3. The molecule has 1 atom stereocenters. The second-order valence-electron chi connectivity index (χ2n) is 9.68. The normalized spacial score (nSPS) is 25.6. The quantitative estimate of drug-likeness (QED) is 0.719. The van der Waals surface area contributed by atoms with Gasteiger partial charge in [-0.15, -0.1) is 0 Å². The van der Waals surface area contributed by atoms with E-state index in [4.69, 9.17) is 0 Å². The standard InChI is InChI=1S/C23H35N5O3/c1-23(22(31)25-17-12-8-5-9-13-17)15-28-19(21(30)27(23)2)14-18(26-28)20(29)24-16-10-6-3-4-7-11-16/h14,16-17H,3-13,15H2,1-2H3,(H,24,29)(H,25,31)/t23-/m0/s1. The molecular formula is C23H35N5O3. The van der Waals surface area contributed by atoms with E-state index >= 15 is 0 Å². The van der Waals surface area contributed by atoms with Gasteiger partial charge in [-0.25, -0.2) is 0 Å². The first-order chi connectivity index (χ1) is 14.9. The maximum absolute atomic E-state index is 13.2. The maximum Gasteiger partial charge on any atom is 0.272 e. The minimum atomic E-state index is -1.04. The van der Waals surface area contributed by atoms with Crippen LogP contribution < -0.4 is 10.6 Å². The molecule has 4 rings (SSSR count).